The molecular formula is C11H21NO4. The molecule has 2 rings (SSSR count). The first-order valence-corrected chi connectivity index (χ1v) is 5.67. The predicted octanol–water partition coefficient (Wildman–Crippen LogP) is 0.174. The summed E-state index contributed by atoms with van der Waals surface area (Å²) in [4.78, 5) is 1.96. The van der Waals surface area contributed by atoms with Crippen LogP contribution in [0.2, 0.25) is 0 Å². The molecule has 0 unspecified atom stereocenters. The first kappa shape index (κ1) is 12.3. The Balaban J connectivity index is 2.22. The van der Waals surface area contributed by atoms with Gasteiger partial charge in [-0.25, -0.2) is 0 Å². The Morgan fingerprint density at radius 2 is 1.81 bits per heavy atom. The Hall–Kier alpha value is -0.200. The van der Waals surface area contributed by atoms with Gasteiger partial charge < -0.3 is 24.2 Å². The Labute approximate surface area is 96.3 Å². The average Bonchev–Trinajstić information content (AvgIpc) is 2.40. The number of hydrogen-bond acceptors (Lipinski definition) is 5. The fraction of sp³-hybridized carbons (Fsp3) is 1.00. The van der Waals surface area contributed by atoms with Gasteiger partial charge in [0.15, 0.2) is 12.1 Å². The number of nitrogens with zero attached hydrogens (tertiary/aromatic N) is 1. The summed E-state index contributed by atoms with van der Waals surface area (Å²) in [6.07, 6.45) is -1.43. The first-order chi connectivity index (χ1) is 7.32. The van der Waals surface area contributed by atoms with Crippen LogP contribution in [-0.2, 0) is 14.2 Å². The molecule has 0 aromatic heterocycles. The molecule has 16 heavy (non-hydrogen) atoms. The van der Waals surface area contributed by atoms with Crippen LogP contribution in [0, 0.1) is 0 Å². The van der Waals surface area contributed by atoms with Crippen LogP contribution in [0.3, 0.4) is 0 Å². The molecule has 2 aliphatic rings. The van der Waals surface area contributed by atoms with E-state index in [4.69, 9.17) is 14.2 Å². The van der Waals surface area contributed by atoms with E-state index in [1.54, 1.807) is 0 Å². The number of ether oxygens (including phenoxy) is 3. The van der Waals surface area contributed by atoms with Crippen molar-refractivity contribution < 1.29 is 19.3 Å². The summed E-state index contributed by atoms with van der Waals surface area (Å²) in [5, 5.41) is 10.1. The van der Waals surface area contributed by atoms with E-state index in [0.29, 0.717) is 0 Å². The molecule has 0 aliphatic carbocycles. The molecule has 0 saturated carbocycles. The van der Waals surface area contributed by atoms with Crippen LogP contribution in [0.25, 0.3) is 0 Å². The molecule has 5 heteroatoms. The molecule has 5 nitrogen and oxygen atoms in total. The molecule has 2 heterocycles. The summed E-state index contributed by atoms with van der Waals surface area (Å²) in [5.74, 6) is -0.645. The van der Waals surface area contributed by atoms with Gasteiger partial charge in [-0.3, -0.25) is 0 Å². The van der Waals surface area contributed by atoms with Crippen LogP contribution in [-0.4, -0.2) is 60.5 Å². The van der Waals surface area contributed by atoms with Crippen molar-refractivity contribution in [2.24, 2.45) is 0 Å². The SMILES string of the molecule is C[C@H]1O[C@H]2OC(C)(C)O[C@@H]2[C@@H](N(C)C)[C@@H]1O. The van der Waals surface area contributed by atoms with E-state index in [0.717, 1.165) is 0 Å². The van der Waals surface area contributed by atoms with Crippen molar-refractivity contribution in [2.75, 3.05) is 14.1 Å². The van der Waals surface area contributed by atoms with Gasteiger partial charge in [-0.05, 0) is 34.9 Å². The molecule has 0 radical (unpaired) electrons. The van der Waals surface area contributed by atoms with Crippen LogP contribution in [0.1, 0.15) is 20.8 Å². The normalized spacial score (nSPS) is 47.1. The summed E-state index contributed by atoms with van der Waals surface area (Å²) in [7, 11) is 3.86. The summed E-state index contributed by atoms with van der Waals surface area (Å²) >= 11 is 0. The number of fused-ring (bicyclic) bond motifs is 1. The minimum Gasteiger partial charge on any atom is -0.389 e. The Bertz CT molecular complexity index is 269. The number of rotatable bonds is 1. The highest BCUT2D eigenvalue weighted by Crippen LogP contribution is 2.37. The summed E-state index contributed by atoms with van der Waals surface area (Å²) in [6, 6.07) is -0.101. The zero-order valence-corrected chi connectivity index (χ0v) is 10.5. The van der Waals surface area contributed by atoms with Crippen molar-refractivity contribution in [3.63, 3.8) is 0 Å². The van der Waals surface area contributed by atoms with E-state index < -0.39 is 11.9 Å². The van der Waals surface area contributed by atoms with Crippen LogP contribution < -0.4 is 0 Å². The summed E-state index contributed by atoms with van der Waals surface area (Å²) in [5.41, 5.74) is 0. The molecule has 0 spiro atoms. The second kappa shape index (κ2) is 3.92. The minimum absolute atomic E-state index is 0.101. The standard InChI is InChI=1S/C11H21NO4/c1-6-8(13)7(12(4)5)9-10(14-6)16-11(2,3)15-9/h6-10,13H,1-5H3/t6-,7+,8-,9-,10+/m1/s1. The lowest BCUT2D eigenvalue weighted by Crippen LogP contribution is -2.60. The van der Waals surface area contributed by atoms with E-state index in [2.05, 4.69) is 0 Å². The first-order valence-electron chi connectivity index (χ1n) is 5.67. The molecular weight excluding hydrogens is 210 g/mol. The van der Waals surface area contributed by atoms with Crippen LogP contribution in [0.5, 0.6) is 0 Å². The van der Waals surface area contributed by atoms with Gasteiger partial charge in [-0.2, -0.15) is 0 Å². The monoisotopic (exact) mass is 231 g/mol. The van der Waals surface area contributed by atoms with Gasteiger partial charge in [-0.15, -0.1) is 0 Å². The predicted molar refractivity (Wildman–Crippen MR) is 57.9 cm³/mol. The van der Waals surface area contributed by atoms with Gasteiger partial charge in [0.25, 0.3) is 0 Å². The second-order valence-corrected chi connectivity index (χ2v) is 5.25. The van der Waals surface area contributed by atoms with E-state index in [1.807, 2.05) is 39.8 Å². The zero-order valence-electron chi connectivity index (χ0n) is 10.5. The maximum Gasteiger partial charge on any atom is 0.189 e. The molecule has 2 saturated heterocycles. The summed E-state index contributed by atoms with van der Waals surface area (Å²) < 4.78 is 17.1. The summed E-state index contributed by atoms with van der Waals surface area (Å²) in [6.45, 7) is 5.57. The second-order valence-electron chi connectivity index (χ2n) is 5.25. The molecule has 0 aromatic carbocycles. The number of likely N-dealkylation sites (N-methyl/N-ethyl adjacent to an activating group) is 1. The lowest BCUT2D eigenvalue weighted by Gasteiger charge is -2.42. The van der Waals surface area contributed by atoms with Crippen LogP contribution in [0.15, 0.2) is 0 Å². The molecule has 0 bridgehead atoms. The van der Waals surface area contributed by atoms with Gasteiger partial charge in [0, 0.05) is 0 Å². The van der Waals surface area contributed by atoms with Gasteiger partial charge in [0.2, 0.25) is 0 Å². The maximum atomic E-state index is 10.1. The van der Waals surface area contributed by atoms with Crippen molar-refractivity contribution >= 4 is 0 Å². The van der Waals surface area contributed by atoms with Gasteiger partial charge in [0.1, 0.15) is 6.10 Å². The van der Waals surface area contributed by atoms with Gasteiger partial charge in [-0.1, -0.05) is 0 Å². The number of hydrogen-bond donors (Lipinski definition) is 1. The van der Waals surface area contributed by atoms with Crippen LogP contribution >= 0.6 is 0 Å². The third-order valence-corrected chi connectivity index (χ3v) is 3.20. The van der Waals surface area contributed by atoms with Crippen LogP contribution in [0.4, 0.5) is 0 Å². The zero-order chi connectivity index (χ0) is 12.1. The van der Waals surface area contributed by atoms with Gasteiger partial charge >= 0.3 is 0 Å². The highest BCUT2D eigenvalue weighted by atomic mass is 16.8. The van der Waals surface area contributed by atoms with Crippen molar-refractivity contribution in [3.05, 3.63) is 0 Å². The van der Waals surface area contributed by atoms with E-state index in [1.165, 1.54) is 0 Å². The highest BCUT2D eigenvalue weighted by Gasteiger charge is 2.53. The fourth-order valence-corrected chi connectivity index (χ4v) is 2.46. The Morgan fingerprint density at radius 3 is 2.38 bits per heavy atom. The van der Waals surface area contributed by atoms with E-state index in [-0.39, 0.29) is 24.5 Å². The largest absolute Gasteiger partial charge is 0.389 e. The fourth-order valence-electron chi connectivity index (χ4n) is 2.46. The molecule has 0 aromatic rings. The number of aliphatic hydroxyl groups is 1. The molecule has 5 atom stereocenters. The molecule has 0 amide bonds. The molecule has 1 N–H and O–H groups in total. The highest BCUT2D eigenvalue weighted by molar-refractivity contribution is 4.96. The van der Waals surface area contributed by atoms with Crippen molar-refractivity contribution in [1.82, 2.24) is 4.90 Å². The van der Waals surface area contributed by atoms with Crippen molar-refractivity contribution in [1.29, 1.82) is 0 Å². The molecule has 94 valence electrons. The quantitative estimate of drug-likeness (QED) is 0.697. The minimum atomic E-state index is -0.645. The Morgan fingerprint density at radius 1 is 1.19 bits per heavy atom. The molecule has 2 fully saturated rings. The topological polar surface area (TPSA) is 51.2 Å². The lowest BCUT2D eigenvalue weighted by atomic mass is 9.96. The third kappa shape index (κ3) is 1.98. The van der Waals surface area contributed by atoms with Crippen molar-refractivity contribution in [3.8, 4) is 0 Å². The number of aliphatic hydroxyl groups excluding tert-OH is 1. The van der Waals surface area contributed by atoms with E-state index >= 15 is 0 Å². The third-order valence-electron chi connectivity index (χ3n) is 3.20. The Kier molecular flexibility index (Phi) is 3.01. The van der Waals surface area contributed by atoms with E-state index in [9.17, 15) is 5.11 Å². The average molecular weight is 231 g/mol. The lowest BCUT2D eigenvalue weighted by molar-refractivity contribution is -0.235. The maximum absolute atomic E-state index is 10.1. The smallest absolute Gasteiger partial charge is 0.189 e. The van der Waals surface area contributed by atoms with Crippen molar-refractivity contribution in [2.45, 2.75) is 57.2 Å². The van der Waals surface area contributed by atoms with Gasteiger partial charge in [0.05, 0.1) is 18.2 Å². The molecule has 2 aliphatic heterocycles.